The average molecular weight is 316 g/mol. The quantitative estimate of drug-likeness (QED) is 0.663. The maximum absolute atomic E-state index is 12.1. The highest BCUT2D eigenvalue weighted by molar-refractivity contribution is 7.89. The molecule has 0 fully saturated rings. The van der Waals surface area contributed by atoms with Gasteiger partial charge in [-0.2, -0.15) is 0 Å². The van der Waals surface area contributed by atoms with Crippen molar-refractivity contribution in [3.05, 3.63) is 24.3 Å². The summed E-state index contributed by atoms with van der Waals surface area (Å²) in [7, 11) is -3.49. The summed E-state index contributed by atoms with van der Waals surface area (Å²) in [4.78, 5) is 2.35. The summed E-state index contributed by atoms with van der Waals surface area (Å²) in [6.07, 6.45) is 0. The molecule has 1 aromatic rings. The van der Waals surface area contributed by atoms with Crippen molar-refractivity contribution in [1.29, 1.82) is 0 Å². The van der Waals surface area contributed by atoms with Gasteiger partial charge in [-0.05, 0) is 37.4 Å². The highest BCUT2D eigenvalue weighted by Gasteiger charge is 2.13. The van der Waals surface area contributed by atoms with Gasteiger partial charge in [0.2, 0.25) is 10.0 Å². The van der Waals surface area contributed by atoms with E-state index in [0.29, 0.717) is 18.8 Å². The summed E-state index contributed by atoms with van der Waals surface area (Å²) >= 11 is 0. The van der Waals surface area contributed by atoms with Crippen molar-refractivity contribution < 1.29 is 18.3 Å². The number of hydrogen-bond acceptors (Lipinski definition) is 5. The Bertz CT molecular complexity index is 498. The standard InChI is InChI=1S/C14H24N2O4S/c1-3-16(4-2)10-9-15-21(18,19)14-7-5-13(6-8-14)20-12-11-17/h5-8,15,17H,3-4,9-12H2,1-2H3. The molecule has 0 atom stereocenters. The molecule has 0 aliphatic heterocycles. The Kier molecular flexibility index (Phi) is 7.66. The van der Waals surface area contributed by atoms with Crippen molar-refractivity contribution in [3.63, 3.8) is 0 Å². The summed E-state index contributed by atoms with van der Waals surface area (Å²) < 4.78 is 32.0. The van der Waals surface area contributed by atoms with Gasteiger partial charge in [-0.1, -0.05) is 13.8 Å². The van der Waals surface area contributed by atoms with Crippen LogP contribution in [0.5, 0.6) is 5.75 Å². The highest BCUT2D eigenvalue weighted by atomic mass is 32.2. The molecule has 0 spiro atoms. The van der Waals surface area contributed by atoms with Crippen molar-refractivity contribution >= 4 is 10.0 Å². The lowest BCUT2D eigenvalue weighted by molar-refractivity contribution is 0.201. The van der Waals surface area contributed by atoms with E-state index >= 15 is 0 Å². The molecule has 0 unspecified atom stereocenters. The minimum absolute atomic E-state index is 0.0764. The lowest BCUT2D eigenvalue weighted by Crippen LogP contribution is -2.34. The van der Waals surface area contributed by atoms with Crippen LogP contribution in [0.3, 0.4) is 0 Å². The van der Waals surface area contributed by atoms with E-state index in [-0.39, 0.29) is 18.1 Å². The number of hydrogen-bond donors (Lipinski definition) is 2. The zero-order valence-electron chi connectivity index (χ0n) is 12.6. The maximum Gasteiger partial charge on any atom is 0.240 e. The Labute approximate surface area is 126 Å². The third kappa shape index (κ3) is 6.01. The van der Waals surface area contributed by atoms with Crippen LogP contribution in [0, 0.1) is 0 Å². The topological polar surface area (TPSA) is 78.9 Å². The lowest BCUT2D eigenvalue weighted by Gasteiger charge is -2.18. The van der Waals surface area contributed by atoms with Gasteiger partial charge < -0.3 is 14.7 Å². The summed E-state index contributed by atoms with van der Waals surface area (Å²) in [5.74, 6) is 0.533. The predicted octanol–water partition coefficient (Wildman–Crippen LogP) is 0.678. The second-order valence-electron chi connectivity index (χ2n) is 4.47. The number of aliphatic hydroxyl groups is 1. The molecular formula is C14H24N2O4S. The first-order chi connectivity index (χ1) is 10.0. The molecule has 1 aromatic carbocycles. The Morgan fingerprint density at radius 1 is 1.19 bits per heavy atom. The Hall–Kier alpha value is -1.15. The first kappa shape index (κ1) is 17.9. The van der Waals surface area contributed by atoms with Crippen molar-refractivity contribution in [2.75, 3.05) is 39.4 Å². The van der Waals surface area contributed by atoms with E-state index in [9.17, 15) is 8.42 Å². The average Bonchev–Trinajstić information content (AvgIpc) is 2.50. The maximum atomic E-state index is 12.1. The molecule has 6 nitrogen and oxygen atoms in total. The van der Waals surface area contributed by atoms with E-state index in [4.69, 9.17) is 9.84 Å². The number of nitrogens with one attached hydrogen (secondary N) is 1. The molecule has 0 aliphatic carbocycles. The third-order valence-corrected chi connectivity index (χ3v) is 4.59. The molecule has 0 saturated carbocycles. The van der Waals surface area contributed by atoms with E-state index < -0.39 is 10.0 Å². The van der Waals surface area contributed by atoms with Crippen LogP contribution in [0.25, 0.3) is 0 Å². The van der Waals surface area contributed by atoms with Gasteiger partial charge in [0.05, 0.1) is 11.5 Å². The fraction of sp³-hybridized carbons (Fsp3) is 0.571. The zero-order chi connectivity index (χ0) is 15.7. The second-order valence-corrected chi connectivity index (χ2v) is 6.24. The van der Waals surface area contributed by atoms with Gasteiger partial charge in [-0.3, -0.25) is 0 Å². The van der Waals surface area contributed by atoms with Crippen LogP contribution in [0.2, 0.25) is 0 Å². The van der Waals surface area contributed by atoms with Crippen molar-refractivity contribution in [2.24, 2.45) is 0 Å². The minimum atomic E-state index is -3.49. The lowest BCUT2D eigenvalue weighted by atomic mass is 10.3. The Morgan fingerprint density at radius 3 is 2.33 bits per heavy atom. The van der Waals surface area contributed by atoms with Crippen molar-refractivity contribution in [1.82, 2.24) is 9.62 Å². The van der Waals surface area contributed by atoms with Crippen LogP contribution < -0.4 is 9.46 Å². The number of benzene rings is 1. The number of nitrogens with zero attached hydrogens (tertiary/aromatic N) is 1. The van der Waals surface area contributed by atoms with Crippen LogP contribution in [0.1, 0.15) is 13.8 Å². The van der Waals surface area contributed by atoms with Gasteiger partial charge in [-0.15, -0.1) is 0 Å². The molecule has 0 aromatic heterocycles. The van der Waals surface area contributed by atoms with Gasteiger partial charge >= 0.3 is 0 Å². The van der Waals surface area contributed by atoms with Crippen LogP contribution in [-0.2, 0) is 10.0 Å². The molecule has 0 heterocycles. The number of rotatable bonds is 10. The van der Waals surface area contributed by atoms with Gasteiger partial charge in [-0.25, -0.2) is 13.1 Å². The summed E-state index contributed by atoms with van der Waals surface area (Å²) in [5.41, 5.74) is 0. The minimum Gasteiger partial charge on any atom is -0.491 e. The van der Waals surface area contributed by atoms with Crippen LogP contribution in [0.15, 0.2) is 29.2 Å². The number of ether oxygens (including phenoxy) is 1. The molecule has 7 heteroatoms. The summed E-state index contributed by atoms with van der Waals surface area (Å²) in [5, 5.41) is 8.66. The first-order valence-corrected chi connectivity index (χ1v) is 8.57. The molecular weight excluding hydrogens is 292 g/mol. The first-order valence-electron chi connectivity index (χ1n) is 7.09. The molecule has 0 saturated heterocycles. The van der Waals surface area contributed by atoms with E-state index in [1.54, 1.807) is 12.1 Å². The molecule has 0 radical (unpaired) electrons. The fourth-order valence-corrected chi connectivity index (χ4v) is 2.86. The SMILES string of the molecule is CCN(CC)CCNS(=O)(=O)c1ccc(OCCO)cc1. The number of aliphatic hydroxyl groups excluding tert-OH is 1. The van der Waals surface area contributed by atoms with Crippen LogP contribution in [-0.4, -0.2) is 57.8 Å². The highest BCUT2D eigenvalue weighted by Crippen LogP contribution is 2.15. The second kappa shape index (κ2) is 8.99. The predicted molar refractivity (Wildman–Crippen MR) is 82.0 cm³/mol. The molecule has 0 aliphatic rings. The third-order valence-electron chi connectivity index (χ3n) is 3.11. The van der Waals surface area contributed by atoms with Crippen molar-refractivity contribution in [2.45, 2.75) is 18.7 Å². The van der Waals surface area contributed by atoms with Crippen LogP contribution in [0.4, 0.5) is 0 Å². The molecule has 0 bridgehead atoms. The largest absolute Gasteiger partial charge is 0.491 e. The fourth-order valence-electron chi connectivity index (χ4n) is 1.84. The van der Waals surface area contributed by atoms with Gasteiger partial charge in [0, 0.05) is 13.1 Å². The molecule has 120 valence electrons. The molecule has 2 N–H and O–H groups in total. The number of likely N-dealkylation sites (N-methyl/N-ethyl adjacent to an activating group) is 1. The molecule has 0 amide bonds. The Balaban J connectivity index is 2.57. The smallest absolute Gasteiger partial charge is 0.240 e. The van der Waals surface area contributed by atoms with E-state index in [0.717, 1.165) is 13.1 Å². The summed E-state index contributed by atoms with van der Waals surface area (Å²) in [6.45, 7) is 7.06. The normalized spacial score (nSPS) is 11.8. The van der Waals surface area contributed by atoms with Gasteiger partial charge in [0.1, 0.15) is 12.4 Å². The van der Waals surface area contributed by atoms with Crippen molar-refractivity contribution in [3.8, 4) is 5.75 Å². The zero-order valence-corrected chi connectivity index (χ0v) is 13.4. The number of sulfonamides is 1. The van der Waals surface area contributed by atoms with Gasteiger partial charge in [0.25, 0.3) is 0 Å². The Morgan fingerprint density at radius 2 is 1.81 bits per heavy atom. The van der Waals surface area contributed by atoms with E-state index in [1.807, 2.05) is 13.8 Å². The van der Waals surface area contributed by atoms with E-state index in [2.05, 4.69) is 9.62 Å². The van der Waals surface area contributed by atoms with E-state index in [1.165, 1.54) is 12.1 Å². The van der Waals surface area contributed by atoms with Crippen LogP contribution >= 0.6 is 0 Å². The molecule has 21 heavy (non-hydrogen) atoms. The summed E-state index contributed by atoms with van der Waals surface area (Å²) in [6, 6.07) is 6.14. The molecule has 1 rings (SSSR count). The van der Waals surface area contributed by atoms with Gasteiger partial charge in [0.15, 0.2) is 0 Å². The monoisotopic (exact) mass is 316 g/mol.